The van der Waals surface area contributed by atoms with E-state index < -0.39 is 11.8 Å². The Kier molecular flexibility index (Phi) is 5.34. The van der Waals surface area contributed by atoms with Gasteiger partial charge in [0.15, 0.2) is 0 Å². The van der Waals surface area contributed by atoms with Crippen molar-refractivity contribution < 1.29 is 14.0 Å². The van der Waals surface area contributed by atoms with Gasteiger partial charge in [0.1, 0.15) is 23.2 Å². The smallest absolute Gasteiger partial charge is 0.271 e. The third kappa shape index (κ3) is 3.30. The maximum atomic E-state index is 12.8. The van der Waals surface area contributed by atoms with Gasteiger partial charge in [0, 0.05) is 22.7 Å². The number of imide groups is 1. The van der Waals surface area contributed by atoms with Crippen LogP contribution in [0.4, 0.5) is 0 Å². The summed E-state index contributed by atoms with van der Waals surface area (Å²) < 4.78 is 5.88. The monoisotopic (exact) mass is 392 g/mol. The number of carbonyl (C=O) groups excluding carboxylic acids is 2. The lowest BCUT2D eigenvalue weighted by Crippen LogP contribution is -2.42. The summed E-state index contributed by atoms with van der Waals surface area (Å²) in [5.74, 6) is -0.0615. The molecule has 0 saturated heterocycles. The molecule has 3 rings (SSSR count). The quantitative estimate of drug-likeness (QED) is 0.430. The number of nitriles is 1. The van der Waals surface area contributed by atoms with Crippen LogP contribution in [0.25, 0.3) is 17.4 Å². The van der Waals surface area contributed by atoms with Crippen LogP contribution in [0.2, 0.25) is 5.02 Å². The van der Waals surface area contributed by atoms with E-state index in [9.17, 15) is 14.9 Å². The molecule has 0 radical (unpaired) electrons. The zero-order valence-corrected chi connectivity index (χ0v) is 16.2. The topological polar surface area (TPSA) is 74.3 Å². The maximum Gasteiger partial charge on any atom is 0.271 e. The van der Waals surface area contributed by atoms with Crippen LogP contribution in [0, 0.1) is 18.3 Å². The van der Waals surface area contributed by atoms with E-state index in [0.717, 1.165) is 16.0 Å². The average Bonchev–Trinajstić information content (AvgIpc) is 3.13. The number of hydrogen-bond donors (Lipinski definition) is 0. The highest BCUT2D eigenvalue weighted by atomic mass is 35.5. The zero-order valence-electron chi connectivity index (χ0n) is 15.5. The number of halogens is 1. The van der Waals surface area contributed by atoms with E-state index in [1.165, 1.54) is 6.08 Å². The molecule has 28 heavy (non-hydrogen) atoms. The van der Waals surface area contributed by atoms with E-state index in [0.29, 0.717) is 22.1 Å². The van der Waals surface area contributed by atoms with Crippen LogP contribution in [0.1, 0.15) is 18.2 Å². The van der Waals surface area contributed by atoms with Crippen molar-refractivity contribution in [3.8, 4) is 17.4 Å². The van der Waals surface area contributed by atoms with Gasteiger partial charge in [0.25, 0.3) is 11.8 Å². The Balaban J connectivity index is 2.06. The first-order valence-electron chi connectivity index (χ1n) is 8.54. The fourth-order valence-corrected chi connectivity index (χ4v) is 3.19. The van der Waals surface area contributed by atoms with Crippen molar-refractivity contribution in [1.29, 1.82) is 5.26 Å². The summed E-state index contributed by atoms with van der Waals surface area (Å²) in [5, 5.41) is 9.97. The van der Waals surface area contributed by atoms with Crippen molar-refractivity contribution in [1.82, 2.24) is 4.90 Å². The summed E-state index contributed by atoms with van der Waals surface area (Å²) in [6.45, 7) is 7.06. The lowest BCUT2D eigenvalue weighted by atomic mass is 9.94. The highest BCUT2D eigenvalue weighted by Gasteiger charge is 2.34. The van der Waals surface area contributed by atoms with Crippen molar-refractivity contribution in [3.63, 3.8) is 0 Å². The summed E-state index contributed by atoms with van der Waals surface area (Å²) in [6, 6.07) is 10.9. The second-order valence-corrected chi connectivity index (χ2v) is 6.70. The lowest BCUT2D eigenvalue weighted by Gasteiger charge is -2.26. The minimum absolute atomic E-state index is 0.0264. The van der Waals surface area contributed by atoms with E-state index in [2.05, 4.69) is 6.58 Å². The van der Waals surface area contributed by atoms with Crippen LogP contribution in [0.3, 0.4) is 0 Å². The Morgan fingerprint density at radius 1 is 1.21 bits per heavy atom. The minimum Gasteiger partial charge on any atom is -0.457 e. The van der Waals surface area contributed by atoms with Crippen LogP contribution < -0.4 is 0 Å². The molecule has 0 bridgehead atoms. The first kappa shape index (κ1) is 19.4. The molecule has 1 aliphatic heterocycles. The first-order valence-corrected chi connectivity index (χ1v) is 8.92. The summed E-state index contributed by atoms with van der Waals surface area (Å²) >= 11 is 6.18. The number of rotatable bonds is 4. The second kappa shape index (κ2) is 7.71. The molecule has 1 aromatic heterocycles. The van der Waals surface area contributed by atoms with Crippen LogP contribution in [0.5, 0.6) is 0 Å². The molecular weight excluding hydrogens is 376 g/mol. The predicted octanol–water partition coefficient (Wildman–Crippen LogP) is 4.69. The number of nitrogens with zero attached hydrogens (tertiary/aromatic N) is 2. The molecule has 5 nitrogen and oxygen atoms in total. The molecule has 0 aliphatic carbocycles. The van der Waals surface area contributed by atoms with Gasteiger partial charge in [-0.2, -0.15) is 5.26 Å². The number of carbonyl (C=O) groups is 2. The molecule has 140 valence electrons. The predicted molar refractivity (Wildman–Crippen MR) is 107 cm³/mol. The fourth-order valence-electron chi connectivity index (χ4n) is 3.02. The van der Waals surface area contributed by atoms with Gasteiger partial charge in [-0.3, -0.25) is 14.5 Å². The van der Waals surface area contributed by atoms with Gasteiger partial charge in [-0.25, -0.2) is 0 Å². The van der Waals surface area contributed by atoms with Crippen molar-refractivity contribution in [2.75, 3.05) is 6.54 Å². The van der Waals surface area contributed by atoms with Crippen molar-refractivity contribution >= 4 is 29.5 Å². The fraction of sp³-hybridized carbons (Fsp3) is 0.136. The minimum atomic E-state index is -0.614. The van der Waals surface area contributed by atoms with Crippen molar-refractivity contribution in [2.24, 2.45) is 0 Å². The molecule has 2 amide bonds. The standard InChI is InChI=1S/C22H17ClN2O3/c1-4-10-25-21(26)17(13(2)18(12-24)22(25)27)11-15-8-9-20(28-15)16-6-5-7-19(23)14(16)3/h4-9,11H,1,10H2,2-3H3/b17-11+. The third-order valence-electron chi connectivity index (χ3n) is 4.58. The van der Waals surface area contributed by atoms with Gasteiger partial charge in [-0.1, -0.05) is 29.8 Å². The van der Waals surface area contributed by atoms with Gasteiger partial charge in [0.05, 0.1) is 0 Å². The molecule has 0 N–H and O–H groups in total. The average molecular weight is 393 g/mol. The van der Waals surface area contributed by atoms with Crippen LogP contribution in [-0.2, 0) is 9.59 Å². The summed E-state index contributed by atoms with van der Waals surface area (Å²) in [5.41, 5.74) is 2.24. The molecular formula is C22H17ClN2O3. The largest absolute Gasteiger partial charge is 0.457 e. The summed E-state index contributed by atoms with van der Waals surface area (Å²) in [6.07, 6.45) is 2.98. The van der Waals surface area contributed by atoms with Gasteiger partial charge < -0.3 is 4.42 Å². The Morgan fingerprint density at radius 3 is 2.64 bits per heavy atom. The molecule has 0 saturated carbocycles. The molecule has 0 fully saturated rings. The Hall–Kier alpha value is -3.36. The zero-order chi connectivity index (χ0) is 20.4. The summed E-state index contributed by atoms with van der Waals surface area (Å²) in [4.78, 5) is 26.1. The molecule has 0 atom stereocenters. The molecule has 1 aromatic carbocycles. The van der Waals surface area contributed by atoms with E-state index in [1.54, 1.807) is 31.2 Å². The van der Waals surface area contributed by atoms with E-state index in [4.69, 9.17) is 16.0 Å². The SMILES string of the molecule is C=CCN1C(=O)C(C#N)=C(C)/C(=C\c2ccc(-c3cccc(Cl)c3C)o2)C1=O. The summed E-state index contributed by atoms with van der Waals surface area (Å²) in [7, 11) is 0. The Labute approximate surface area is 167 Å². The van der Waals surface area contributed by atoms with E-state index in [-0.39, 0.29) is 17.7 Å². The first-order chi connectivity index (χ1) is 13.4. The highest BCUT2D eigenvalue weighted by Crippen LogP contribution is 2.32. The number of amides is 2. The molecule has 0 unspecified atom stereocenters. The normalized spacial score (nSPS) is 15.9. The van der Waals surface area contributed by atoms with Crippen molar-refractivity contribution in [2.45, 2.75) is 13.8 Å². The third-order valence-corrected chi connectivity index (χ3v) is 4.99. The molecule has 6 heteroatoms. The van der Waals surface area contributed by atoms with Gasteiger partial charge >= 0.3 is 0 Å². The van der Waals surface area contributed by atoms with Crippen molar-refractivity contribution in [3.05, 3.63) is 76.1 Å². The van der Waals surface area contributed by atoms with E-state index in [1.807, 2.05) is 25.1 Å². The highest BCUT2D eigenvalue weighted by molar-refractivity contribution is 6.31. The number of benzene rings is 1. The number of hydrogen-bond acceptors (Lipinski definition) is 4. The lowest BCUT2D eigenvalue weighted by molar-refractivity contribution is -0.139. The van der Waals surface area contributed by atoms with Gasteiger partial charge in [0.2, 0.25) is 0 Å². The number of furan rings is 1. The van der Waals surface area contributed by atoms with Crippen LogP contribution in [0.15, 0.2) is 64.1 Å². The Bertz CT molecular complexity index is 1100. The maximum absolute atomic E-state index is 12.8. The molecule has 2 heterocycles. The van der Waals surface area contributed by atoms with Gasteiger partial charge in [-0.05, 0) is 49.3 Å². The van der Waals surface area contributed by atoms with Crippen LogP contribution >= 0.6 is 11.6 Å². The molecule has 1 aliphatic rings. The Morgan fingerprint density at radius 2 is 1.96 bits per heavy atom. The van der Waals surface area contributed by atoms with Crippen LogP contribution in [-0.4, -0.2) is 23.3 Å². The molecule has 0 spiro atoms. The van der Waals surface area contributed by atoms with E-state index >= 15 is 0 Å². The molecule has 2 aromatic rings. The van der Waals surface area contributed by atoms with Gasteiger partial charge in [-0.15, -0.1) is 6.58 Å². The second-order valence-electron chi connectivity index (χ2n) is 6.29.